The maximum absolute atomic E-state index is 9.24. The molecule has 32 heavy (non-hydrogen) atoms. The number of nitrogens with zero attached hydrogens (tertiary/aromatic N) is 5. The number of carbonyl (C=O) groups excluding carboxylic acids is 1. The van der Waals surface area contributed by atoms with E-state index in [1.165, 1.54) is 0 Å². The average Bonchev–Trinajstić information content (AvgIpc) is 2.98. The topological polar surface area (TPSA) is 256 Å². The molecular formula is C16H31ClN5NiO9+2. The van der Waals surface area contributed by atoms with Crippen LogP contribution in [0.25, 0.3) is 0 Å². The monoisotopic (exact) mass is 530 g/mol. The van der Waals surface area contributed by atoms with Crippen LogP contribution in [-0.4, -0.2) is 54.2 Å². The van der Waals surface area contributed by atoms with E-state index in [0.29, 0.717) is 19.9 Å². The fourth-order valence-corrected chi connectivity index (χ4v) is 2.34. The van der Waals surface area contributed by atoms with Gasteiger partial charge in [0.25, 0.3) is 0 Å². The first-order chi connectivity index (χ1) is 13.2. The number of aliphatic hydroxyl groups is 1. The molecule has 0 aliphatic heterocycles. The molecular weight excluding hydrogens is 500 g/mol. The van der Waals surface area contributed by atoms with Gasteiger partial charge in [-0.3, -0.25) is 14.3 Å². The van der Waals surface area contributed by atoms with Gasteiger partial charge in [-0.2, -0.15) is 10.2 Å². The van der Waals surface area contributed by atoms with Crippen molar-refractivity contribution in [1.82, 2.24) is 24.5 Å². The van der Waals surface area contributed by atoms with Crippen LogP contribution in [0.3, 0.4) is 0 Å². The molecule has 0 saturated heterocycles. The molecule has 0 aromatic carbocycles. The Morgan fingerprint density at radius 2 is 1.28 bits per heavy atom. The van der Waals surface area contributed by atoms with Crippen LogP contribution in [0.5, 0.6) is 0 Å². The van der Waals surface area contributed by atoms with Crippen molar-refractivity contribution in [1.29, 1.82) is 0 Å². The predicted molar refractivity (Wildman–Crippen MR) is 96.4 cm³/mol. The quantitative estimate of drug-likeness (QED) is 0.272. The summed E-state index contributed by atoms with van der Waals surface area (Å²) in [7, 11) is -4.94. The molecule has 0 aliphatic rings. The van der Waals surface area contributed by atoms with Crippen LogP contribution in [0, 0.1) is 37.9 Å². The Morgan fingerprint density at radius 1 is 1.00 bits per heavy atom. The molecule has 0 amide bonds. The number of halogens is 1. The van der Waals surface area contributed by atoms with E-state index in [1.807, 2.05) is 37.1 Å². The summed E-state index contributed by atoms with van der Waals surface area (Å²) in [5.74, 6) is -1.08. The van der Waals surface area contributed by atoms with Crippen LogP contribution >= 0.6 is 0 Å². The largest absolute Gasteiger partial charge is 3.00 e. The molecule has 2 heterocycles. The second-order valence-electron chi connectivity index (χ2n) is 6.12. The zero-order valence-corrected chi connectivity index (χ0v) is 20.1. The fraction of sp³-hybridized carbons (Fsp3) is 0.562. The van der Waals surface area contributed by atoms with Gasteiger partial charge in [-0.1, -0.05) is 0 Å². The van der Waals surface area contributed by atoms with E-state index in [4.69, 9.17) is 28.5 Å². The molecule has 0 spiro atoms. The number of aliphatic hydroxyl groups excluding tert-OH is 1. The number of aliphatic carboxylic acids is 1. The summed E-state index contributed by atoms with van der Waals surface area (Å²) < 4.78 is 37.9. The van der Waals surface area contributed by atoms with Gasteiger partial charge >= 0.3 is 16.5 Å². The maximum Gasteiger partial charge on any atom is 3.00 e. The minimum absolute atomic E-state index is 0. The third kappa shape index (κ3) is 19.1. The first-order valence-corrected chi connectivity index (χ1v) is 9.61. The molecule has 0 fully saturated rings. The number of carboxylic acid groups (broad SMARTS) is 1. The minimum atomic E-state index is -4.94. The number of hydrogen-bond donors (Lipinski definition) is 1. The Morgan fingerprint density at radius 3 is 1.47 bits per heavy atom. The minimum Gasteiger partial charge on any atom is -0.550 e. The maximum atomic E-state index is 9.24. The van der Waals surface area contributed by atoms with Crippen molar-refractivity contribution in [2.75, 3.05) is 13.2 Å². The Bertz CT molecular complexity index is 709. The fourth-order valence-electron chi connectivity index (χ4n) is 2.34. The van der Waals surface area contributed by atoms with Gasteiger partial charge in [0.15, 0.2) is 0 Å². The normalized spacial score (nSPS) is 9.84. The zero-order chi connectivity index (χ0) is 22.8. The number of hydrogen-bond acceptors (Lipinski definition) is 10. The van der Waals surface area contributed by atoms with Crippen LogP contribution in [0.1, 0.15) is 29.7 Å². The third-order valence-corrected chi connectivity index (χ3v) is 3.29. The number of aromatic nitrogens is 4. The second-order valence-corrected chi connectivity index (χ2v) is 6.88. The van der Waals surface area contributed by atoms with Gasteiger partial charge < -0.3 is 26.0 Å². The first-order valence-electron chi connectivity index (χ1n) is 8.37. The van der Waals surface area contributed by atoms with Crippen molar-refractivity contribution in [3.05, 3.63) is 34.9 Å². The molecule has 0 bridgehead atoms. The van der Waals surface area contributed by atoms with Gasteiger partial charge in [-0.15, -0.1) is 10.2 Å². The average molecular weight is 532 g/mol. The molecule has 0 saturated carbocycles. The van der Waals surface area contributed by atoms with E-state index in [2.05, 4.69) is 27.2 Å². The summed E-state index contributed by atoms with van der Waals surface area (Å²) >= 11 is 0. The summed E-state index contributed by atoms with van der Waals surface area (Å²) in [5.41, 5.74) is 4.27. The Balaban J connectivity index is -0.000000281. The Kier molecular flexibility index (Phi) is 21.0. The summed E-state index contributed by atoms with van der Waals surface area (Å²) in [6.45, 7) is 11.1. The first kappa shape index (κ1) is 37.7. The SMILES string of the molecule is CC(=O)[O-].Cc1cc(C)n(CN(CCO)Cn2nc(C)cc2C)n1.O.[Ni+3].[O-][Cl+3]([O-])([O-])[O-].[OH3+]. The van der Waals surface area contributed by atoms with E-state index < -0.39 is 16.2 Å². The van der Waals surface area contributed by atoms with Crippen LogP contribution in [0.4, 0.5) is 0 Å². The number of aryl methyl sites for hydroxylation is 4. The molecule has 0 aliphatic carbocycles. The second kappa shape index (κ2) is 17.9. The standard InChI is InChI=1S/C14H23N5O.C2H4O2.ClHO4.Ni.2H2O/c1-11-7-13(3)18(15-11)9-17(5-6-20)10-19-14(4)8-12(2)16-19;1-2(3)4;2-1(3,4)5;;;/h7-8,20H,5-6,9-10H2,1-4H3;1H3,(H,3,4);(H,2,3,4,5);;2*1H2/q;;;+3;;/p-1. The van der Waals surface area contributed by atoms with Gasteiger partial charge in [-0.25, -0.2) is 18.6 Å². The number of carboxylic acids is 1. The zero-order valence-electron chi connectivity index (χ0n) is 18.4. The Labute approximate surface area is 198 Å². The van der Waals surface area contributed by atoms with Crippen molar-refractivity contribution in [3.63, 3.8) is 0 Å². The third-order valence-electron chi connectivity index (χ3n) is 3.29. The van der Waals surface area contributed by atoms with E-state index in [-0.39, 0.29) is 34.1 Å². The van der Waals surface area contributed by atoms with Gasteiger partial charge in [0.2, 0.25) is 0 Å². The van der Waals surface area contributed by atoms with Crippen LogP contribution < -0.4 is 23.7 Å². The van der Waals surface area contributed by atoms with Crippen molar-refractivity contribution in [3.8, 4) is 0 Å². The summed E-state index contributed by atoms with van der Waals surface area (Å²) in [5, 5.41) is 27.1. The van der Waals surface area contributed by atoms with E-state index in [9.17, 15) is 5.11 Å². The molecule has 16 heteroatoms. The smallest absolute Gasteiger partial charge is 0.550 e. The summed E-state index contributed by atoms with van der Waals surface area (Å²) in [6, 6.07) is 4.11. The summed E-state index contributed by atoms with van der Waals surface area (Å²) in [4.78, 5) is 11.0. The molecule has 2 aromatic heterocycles. The van der Waals surface area contributed by atoms with Crippen molar-refractivity contribution >= 4 is 5.97 Å². The molecule has 2 aromatic rings. The molecule has 0 atom stereocenters. The summed E-state index contributed by atoms with van der Waals surface area (Å²) in [6.07, 6.45) is 0. The molecule has 14 nitrogen and oxygen atoms in total. The van der Waals surface area contributed by atoms with Crippen LogP contribution in [0.15, 0.2) is 12.1 Å². The van der Waals surface area contributed by atoms with Crippen LogP contribution in [0.2, 0.25) is 0 Å². The Hall–Kier alpha value is -1.65. The number of rotatable bonds is 6. The van der Waals surface area contributed by atoms with Crippen LogP contribution in [-0.2, 0) is 40.1 Å². The van der Waals surface area contributed by atoms with Crippen molar-refractivity contribution in [2.45, 2.75) is 48.0 Å². The van der Waals surface area contributed by atoms with Crippen molar-refractivity contribution < 1.29 is 71.3 Å². The molecule has 6 N–H and O–H groups in total. The molecule has 0 unspecified atom stereocenters. The predicted octanol–water partition coefficient (Wildman–Crippen LogP) is -6.53. The molecule has 189 valence electrons. The van der Waals surface area contributed by atoms with E-state index >= 15 is 0 Å². The van der Waals surface area contributed by atoms with E-state index in [0.717, 1.165) is 29.7 Å². The van der Waals surface area contributed by atoms with Gasteiger partial charge in [-0.05, 0) is 46.8 Å². The molecule has 1 radical (unpaired) electrons. The van der Waals surface area contributed by atoms with Gasteiger partial charge in [0.05, 0.1) is 31.3 Å². The van der Waals surface area contributed by atoms with E-state index in [1.54, 1.807) is 0 Å². The van der Waals surface area contributed by atoms with Gasteiger partial charge in [0, 0.05) is 23.9 Å². The van der Waals surface area contributed by atoms with Gasteiger partial charge in [0.1, 0.15) is 0 Å². The number of carbonyl (C=O) groups is 1. The molecule has 2 rings (SSSR count). The van der Waals surface area contributed by atoms with Crippen molar-refractivity contribution in [2.24, 2.45) is 0 Å².